The van der Waals surface area contributed by atoms with E-state index in [0.717, 1.165) is 16.6 Å². The van der Waals surface area contributed by atoms with Crippen LogP contribution < -0.4 is 5.73 Å². The molecule has 0 aliphatic carbocycles. The van der Waals surface area contributed by atoms with E-state index in [0.29, 0.717) is 30.3 Å². The molecule has 0 atom stereocenters. The molecule has 1 aliphatic heterocycles. The maximum atomic E-state index is 12.6. The summed E-state index contributed by atoms with van der Waals surface area (Å²) in [6.45, 7) is 1.95. The first kappa shape index (κ1) is 14.0. The zero-order chi connectivity index (χ0) is 14.8. The smallest absolute Gasteiger partial charge is 0.266 e. The summed E-state index contributed by atoms with van der Waals surface area (Å²) in [7, 11) is 1.68. The lowest BCUT2D eigenvalue weighted by molar-refractivity contribution is 0.0771. The predicted octanol–water partition coefficient (Wildman–Crippen LogP) is 2.30. The third kappa shape index (κ3) is 2.64. The number of amides is 1. The van der Waals surface area contributed by atoms with Crippen molar-refractivity contribution in [2.24, 2.45) is 0 Å². The number of rotatable bonds is 3. The van der Waals surface area contributed by atoms with Crippen LogP contribution in [-0.4, -0.2) is 42.6 Å². The summed E-state index contributed by atoms with van der Waals surface area (Å²) in [6.07, 6.45) is 4.63. The molecule has 0 fully saturated rings. The number of nitrogens with zero attached hydrogens (tertiary/aromatic N) is 2. The van der Waals surface area contributed by atoms with Crippen molar-refractivity contribution in [3.63, 3.8) is 0 Å². The summed E-state index contributed by atoms with van der Waals surface area (Å²) < 4.78 is 5.12. The molecule has 0 bridgehead atoms. The summed E-state index contributed by atoms with van der Waals surface area (Å²) in [5.74, 6) is -0.0109. The standard InChI is InChI=1S/C15H17N3O2S/c1-20-9-10-4-7-18(8-5-10)15(19)13-12(16)11-3-2-6-17-14(11)21-13/h2-4,6H,5,7-9,16H2,1H3. The lowest BCUT2D eigenvalue weighted by Gasteiger charge is -2.26. The molecule has 21 heavy (non-hydrogen) atoms. The quantitative estimate of drug-likeness (QED) is 0.883. The van der Waals surface area contributed by atoms with E-state index in [4.69, 9.17) is 10.5 Å². The van der Waals surface area contributed by atoms with Crippen LogP contribution in [0.25, 0.3) is 10.2 Å². The number of carbonyl (C=O) groups is 1. The van der Waals surface area contributed by atoms with Gasteiger partial charge >= 0.3 is 0 Å². The van der Waals surface area contributed by atoms with E-state index in [9.17, 15) is 4.79 Å². The van der Waals surface area contributed by atoms with Crippen molar-refractivity contribution in [3.8, 4) is 0 Å². The summed E-state index contributed by atoms with van der Waals surface area (Å²) in [4.78, 5) is 20.1. The van der Waals surface area contributed by atoms with Gasteiger partial charge in [-0.05, 0) is 24.1 Å². The number of ether oxygens (including phenoxy) is 1. The van der Waals surface area contributed by atoms with Crippen molar-refractivity contribution in [2.45, 2.75) is 6.42 Å². The van der Waals surface area contributed by atoms with Gasteiger partial charge in [0.1, 0.15) is 9.71 Å². The number of nitrogens with two attached hydrogens (primary N) is 1. The second-order valence-corrected chi connectivity index (χ2v) is 6.00. The molecule has 0 aromatic carbocycles. The topological polar surface area (TPSA) is 68.5 Å². The lowest BCUT2D eigenvalue weighted by atomic mass is 10.1. The molecule has 1 amide bonds. The maximum absolute atomic E-state index is 12.6. The fourth-order valence-electron chi connectivity index (χ4n) is 2.47. The van der Waals surface area contributed by atoms with Crippen LogP contribution >= 0.6 is 11.3 Å². The fourth-order valence-corrected chi connectivity index (χ4v) is 3.50. The Bertz CT molecular complexity index is 708. The minimum absolute atomic E-state index is 0.0109. The van der Waals surface area contributed by atoms with Gasteiger partial charge in [-0.25, -0.2) is 4.98 Å². The zero-order valence-corrected chi connectivity index (χ0v) is 12.7. The van der Waals surface area contributed by atoms with Crippen LogP contribution in [0.15, 0.2) is 30.0 Å². The molecule has 0 spiro atoms. The lowest BCUT2D eigenvalue weighted by Crippen LogP contribution is -2.35. The SMILES string of the molecule is COCC1=CCN(C(=O)c2sc3ncccc3c2N)CC1. The van der Waals surface area contributed by atoms with Crippen molar-refractivity contribution in [3.05, 3.63) is 34.9 Å². The Labute approximate surface area is 127 Å². The third-order valence-corrected chi connectivity index (χ3v) is 4.74. The fraction of sp³-hybridized carbons (Fsp3) is 0.333. The molecule has 6 heteroatoms. The van der Waals surface area contributed by atoms with Gasteiger partial charge in [-0.15, -0.1) is 11.3 Å². The number of hydrogen-bond donors (Lipinski definition) is 1. The minimum atomic E-state index is -0.0109. The van der Waals surface area contributed by atoms with Gasteiger partial charge in [-0.1, -0.05) is 6.08 Å². The van der Waals surface area contributed by atoms with E-state index in [2.05, 4.69) is 11.1 Å². The van der Waals surface area contributed by atoms with Gasteiger partial charge in [-0.2, -0.15) is 0 Å². The number of anilines is 1. The number of pyridine rings is 1. The molecule has 2 N–H and O–H groups in total. The van der Waals surface area contributed by atoms with E-state index < -0.39 is 0 Å². The molecule has 3 heterocycles. The number of methoxy groups -OCH3 is 1. The minimum Gasteiger partial charge on any atom is -0.397 e. The summed E-state index contributed by atoms with van der Waals surface area (Å²) in [6, 6.07) is 3.73. The number of carbonyl (C=O) groups excluding carboxylic acids is 1. The van der Waals surface area contributed by atoms with Gasteiger partial charge in [0.15, 0.2) is 0 Å². The highest BCUT2D eigenvalue weighted by molar-refractivity contribution is 7.21. The normalized spacial score (nSPS) is 15.3. The van der Waals surface area contributed by atoms with Crippen molar-refractivity contribution < 1.29 is 9.53 Å². The van der Waals surface area contributed by atoms with Gasteiger partial charge in [0.25, 0.3) is 5.91 Å². The van der Waals surface area contributed by atoms with Gasteiger partial charge in [-0.3, -0.25) is 4.79 Å². The van der Waals surface area contributed by atoms with Gasteiger partial charge in [0.05, 0.1) is 12.3 Å². The molecule has 2 aromatic rings. The maximum Gasteiger partial charge on any atom is 0.266 e. The Balaban J connectivity index is 1.83. The summed E-state index contributed by atoms with van der Waals surface area (Å²) in [5.41, 5.74) is 7.89. The number of fused-ring (bicyclic) bond motifs is 1. The van der Waals surface area contributed by atoms with Gasteiger partial charge in [0, 0.05) is 31.8 Å². The van der Waals surface area contributed by atoms with E-state index in [1.54, 1.807) is 13.3 Å². The highest BCUT2D eigenvalue weighted by Crippen LogP contribution is 2.33. The van der Waals surface area contributed by atoms with E-state index in [1.165, 1.54) is 16.9 Å². The molecule has 3 rings (SSSR count). The van der Waals surface area contributed by atoms with Crippen LogP contribution in [0.5, 0.6) is 0 Å². The Morgan fingerprint density at radius 3 is 3.10 bits per heavy atom. The van der Waals surface area contributed by atoms with Gasteiger partial charge < -0.3 is 15.4 Å². The first-order valence-corrected chi connectivity index (χ1v) is 7.61. The van der Waals surface area contributed by atoms with Crippen LogP contribution in [-0.2, 0) is 4.74 Å². The van der Waals surface area contributed by atoms with Crippen molar-refractivity contribution in [1.82, 2.24) is 9.88 Å². The average molecular weight is 303 g/mol. The first-order valence-electron chi connectivity index (χ1n) is 6.80. The molecular formula is C15H17N3O2S. The highest BCUT2D eigenvalue weighted by atomic mass is 32.1. The molecule has 1 aliphatic rings. The average Bonchev–Trinajstić information content (AvgIpc) is 2.85. The number of aromatic nitrogens is 1. The van der Waals surface area contributed by atoms with Gasteiger partial charge in [0.2, 0.25) is 0 Å². The van der Waals surface area contributed by atoms with E-state index >= 15 is 0 Å². The molecule has 2 aromatic heterocycles. The molecule has 0 saturated carbocycles. The molecule has 110 valence electrons. The van der Waals surface area contributed by atoms with Crippen LogP contribution in [0.3, 0.4) is 0 Å². The molecule has 0 unspecified atom stereocenters. The summed E-state index contributed by atoms with van der Waals surface area (Å²) >= 11 is 1.36. The predicted molar refractivity (Wildman–Crippen MR) is 84.5 cm³/mol. The Morgan fingerprint density at radius 1 is 1.57 bits per heavy atom. The molecular weight excluding hydrogens is 286 g/mol. The Hall–Kier alpha value is -1.92. The zero-order valence-electron chi connectivity index (χ0n) is 11.8. The van der Waals surface area contributed by atoms with Crippen LogP contribution in [0.2, 0.25) is 0 Å². The van der Waals surface area contributed by atoms with Crippen molar-refractivity contribution in [1.29, 1.82) is 0 Å². The third-order valence-electron chi connectivity index (χ3n) is 3.62. The van der Waals surface area contributed by atoms with Crippen molar-refractivity contribution in [2.75, 3.05) is 32.5 Å². The Kier molecular flexibility index (Phi) is 3.90. The molecule has 5 nitrogen and oxygen atoms in total. The van der Waals surface area contributed by atoms with E-state index in [-0.39, 0.29) is 5.91 Å². The molecule has 0 saturated heterocycles. The largest absolute Gasteiger partial charge is 0.397 e. The summed E-state index contributed by atoms with van der Waals surface area (Å²) in [5, 5.41) is 0.860. The van der Waals surface area contributed by atoms with E-state index in [1.807, 2.05) is 17.0 Å². The number of hydrogen-bond acceptors (Lipinski definition) is 5. The Morgan fingerprint density at radius 2 is 2.43 bits per heavy atom. The second-order valence-electron chi connectivity index (χ2n) is 5.00. The number of nitrogen functional groups attached to an aromatic ring is 1. The monoisotopic (exact) mass is 303 g/mol. The van der Waals surface area contributed by atoms with Crippen LogP contribution in [0.4, 0.5) is 5.69 Å². The van der Waals surface area contributed by atoms with Crippen LogP contribution in [0.1, 0.15) is 16.1 Å². The molecule has 0 radical (unpaired) electrons. The second kappa shape index (κ2) is 5.83. The first-order chi connectivity index (χ1) is 10.2. The number of thiophene rings is 1. The van der Waals surface area contributed by atoms with Crippen molar-refractivity contribution >= 4 is 33.1 Å². The van der Waals surface area contributed by atoms with Crippen LogP contribution in [0, 0.1) is 0 Å². The highest BCUT2D eigenvalue weighted by Gasteiger charge is 2.23.